The van der Waals surface area contributed by atoms with Crippen LogP contribution in [0.5, 0.6) is 5.75 Å². The molecule has 1 aliphatic carbocycles. The van der Waals surface area contributed by atoms with E-state index in [2.05, 4.69) is 0 Å². The van der Waals surface area contributed by atoms with E-state index < -0.39 is 11.8 Å². The molecule has 3 rings (SSSR count). The molecule has 0 saturated carbocycles. The van der Waals surface area contributed by atoms with E-state index in [0.717, 1.165) is 5.56 Å². The highest BCUT2D eigenvalue weighted by atomic mass is 16.5. The van der Waals surface area contributed by atoms with Crippen LogP contribution in [0.25, 0.3) is 0 Å². The minimum Gasteiger partial charge on any atom is -0.497 e. The first-order chi connectivity index (χ1) is 12.4. The summed E-state index contributed by atoms with van der Waals surface area (Å²) in [6.07, 6.45) is 0.167. The van der Waals surface area contributed by atoms with Crippen molar-refractivity contribution in [3.63, 3.8) is 0 Å². The van der Waals surface area contributed by atoms with Gasteiger partial charge in [0.1, 0.15) is 11.5 Å². The summed E-state index contributed by atoms with van der Waals surface area (Å²) in [4.78, 5) is 38.3. The molecule has 4 nitrogen and oxygen atoms in total. The van der Waals surface area contributed by atoms with E-state index in [0.29, 0.717) is 16.9 Å². The van der Waals surface area contributed by atoms with E-state index in [1.165, 1.54) is 0 Å². The van der Waals surface area contributed by atoms with Crippen LogP contribution in [0.3, 0.4) is 0 Å². The summed E-state index contributed by atoms with van der Waals surface area (Å²) in [5.74, 6) is -1.11. The third-order valence-electron chi connectivity index (χ3n) is 5.03. The lowest BCUT2D eigenvalue weighted by molar-refractivity contribution is -0.122. The zero-order valence-corrected chi connectivity index (χ0v) is 15.2. The van der Waals surface area contributed by atoms with Crippen molar-refractivity contribution in [2.24, 2.45) is 11.8 Å². The van der Waals surface area contributed by atoms with Gasteiger partial charge in [-0.3, -0.25) is 14.4 Å². The maximum atomic E-state index is 12.9. The van der Waals surface area contributed by atoms with Crippen LogP contribution in [0.1, 0.15) is 52.5 Å². The number of ketones is 3. The molecule has 1 atom stereocenters. The molecule has 0 heterocycles. The van der Waals surface area contributed by atoms with Gasteiger partial charge >= 0.3 is 0 Å². The second kappa shape index (κ2) is 7.24. The average Bonchev–Trinajstić information content (AvgIpc) is 2.91. The number of methoxy groups -OCH3 is 1. The molecule has 0 spiro atoms. The van der Waals surface area contributed by atoms with Crippen molar-refractivity contribution in [1.29, 1.82) is 0 Å². The predicted octanol–water partition coefficient (Wildman–Crippen LogP) is 4.09. The summed E-state index contributed by atoms with van der Waals surface area (Å²) in [6.45, 7) is 3.67. The Balaban J connectivity index is 2.02. The predicted molar refractivity (Wildman–Crippen MR) is 98.8 cm³/mol. The van der Waals surface area contributed by atoms with Crippen LogP contribution >= 0.6 is 0 Å². The van der Waals surface area contributed by atoms with Crippen LogP contribution in [0.2, 0.25) is 0 Å². The van der Waals surface area contributed by atoms with Gasteiger partial charge in [0.25, 0.3) is 0 Å². The van der Waals surface area contributed by atoms with Crippen LogP contribution < -0.4 is 4.74 Å². The number of carbonyl (C=O) groups is 3. The van der Waals surface area contributed by atoms with E-state index in [4.69, 9.17) is 4.74 Å². The van der Waals surface area contributed by atoms with Crippen LogP contribution in [0.4, 0.5) is 0 Å². The number of hydrogen-bond donors (Lipinski definition) is 0. The Morgan fingerprint density at radius 1 is 0.962 bits per heavy atom. The molecule has 0 bridgehead atoms. The van der Waals surface area contributed by atoms with Crippen LogP contribution in [0.15, 0.2) is 48.5 Å². The van der Waals surface area contributed by atoms with Crippen LogP contribution in [0, 0.1) is 11.8 Å². The van der Waals surface area contributed by atoms with Gasteiger partial charge in [-0.05, 0) is 17.7 Å². The molecule has 1 aliphatic rings. The topological polar surface area (TPSA) is 60.4 Å². The molecular weight excluding hydrogens is 328 g/mol. The van der Waals surface area contributed by atoms with Gasteiger partial charge in [0.15, 0.2) is 11.6 Å². The SMILES string of the molecule is COc1ccc([C@H](CC(=O)C(C)C)C2C(=O)c3ccccc3C2=O)cc1. The third kappa shape index (κ3) is 3.19. The molecule has 4 heteroatoms. The molecule has 0 fully saturated rings. The minimum absolute atomic E-state index is 0.0439. The van der Waals surface area contributed by atoms with E-state index in [1.54, 1.807) is 43.5 Å². The minimum atomic E-state index is -0.844. The second-order valence-corrected chi connectivity index (χ2v) is 6.96. The fourth-order valence-corrected chi connectivity index (χ4v) is 3.46. The van der Waals surface area contributed by atoms with E-state index >= 15 is 0 Å². The van der Waals surface area contributed by atoms with Crippen molar-refractivity contribution in [2.45, 2.75) is 26.2 Å². The molecule has 0 unspecified atom stereocenters. The molecule has 0 amide bonds. The zero-order valence-electron chi connectivity index (χ0n) is 15.2. The molecule has 2 aromatic carbocycles. The summed E-state index contributed by atoms with van der Waals surface area (Å²) in [5, 5.41) is 0. The van der Waals surface area contributed by atoms with Crippen molar-refractivity contribution in [2.75, 3.05) is 7.11 Å². The largest absolute Gasteiger partial charge is 0.497 e. The normalized spacial score (nSPS) is 15.2. The lowest BCUT2D eigenvalue weighted by Gasteiger charge is -2.22. The van der Waals surface area contributed by atoms with Gasteiger partial charge in [-0.1, -0.05) is 50.2 Å². The first kappa shape index (κ1) is 18.1. The number of rotatable bonds is 6. The fourth-order valence-electron chi connectivity index (χ4n) is 3.46. The Hall–Kier alpha value is -2.75. The molecule has 0 radical (unpaired) electrons. The molecule has 134 valence electrons. The fraction of sp³-hybridized carbons (Fsp3) is 0.318. The first-order valence-corrected chi connectivity index (χ1v) is 8.78. The van der Waals surface area contributed by atoms with E-state index in [1.807, 2.05) is 26.0 Å². The van der Waals surface area contributed by atoms with Gasteiger partial charge in [-0.2, -0.15) is 0 Å². The lowest BCUT2D eigenvalue weighted by atomic mass is 9.78. The first-order valence-electron chi connectivity index (χ1n) is 8.78. The van der Waals surface area contributed by atoms with Gasteiger partial charge in [-0.15, -0.1) is 0 Å². The maximum Gasteiger partial charge on any atom is 0.175 e. The number of Topliss-reactive ketones (excluding diaryl/α,β-unsaturated/α-hetero) is 3. The zero-order chi connectivity index (χ0) is 18.8. The van der Waals surface area contributed by atoms with Gasteiger partial charge in [-0.25, -0.2) is 0 Å². The monoisotopic (exact) mass is 350 g/mol. The number of carbonyl (C=O) groups excluding carboxylic acids is 3. The Morgan fingerprint density at radius 2 is 1.50 bits per heavy atom. The van der Waals surface area contributed by atoms with Crippen molar-refractivity contribution in [1.82, 2.24) is 0 Å². The Kier molecular flexibility index (Phi) is 5.03. The third-order valence-corrected chi connectivity index (χ3v) is 5.03. The Bertz CT molecular complexity index is 814. The second-order valence-electron chi connectivity index (χ2n) is 6.96. The van der Waals surface area contributed by atoms with Gasteiger partial charge in [0.05, 0.1) is 13.0 Å². The highest BCUT2D eigenvalue weighted by Crippen LogP contribution is 2.39. The van der Waals surface area contributed by atoms with Crippen LogP contribution in [-0.4, -0.2) is 24.5 Å². The standard InChI is InChI=1S/C22H22O4/c1-13(2)19(23)12-18(14-8-10-15(26-3)11-9-14)20-21(24)16-6-4-5-7-17(16)22(20)25/h4-11,13,18,20H,12H2,1-3H3/t18-/m0/s1. The van der Waals surface area contributed by atoms with Crippen LogP contribution in [-0.2, 0) is 4.79 Å². The molecule has 0 N–H and O–H groups in total. The number of benzene rings is 2. The van der Waals surface area contributed by atoms with Gasteiger partial charge < -0.3 is 4.74 Å². The lowest BCUT2D eigenvalue weighted by Crippen LogP contribution is -2.27. The quantitative estimate of drug-likeness (QED) is 0.736. The van der Waals surface area contributed by atoms with E-state index in [9.17, 15) is 14.4 Å². The Labute approximate surface area is 153 Å². The molecule has 0 aliphatic heterocycles. The summed E-state index contributed by atoms with van der Waals surface area (Å²) in [7, 11) is 1.58. The summed E-state index contributed by atoms with van der Waals surface area (Å²) < 4.78 is 5.19. The summed E-state index contributed by atoms with van der Waals surface area (Å²) in [5.41, 5.74) is 1.72. The molecule has 0 saturated heterocycles. The van der Waals surface area contributed by atoms with Crippen molar-refractivity contribution >= 4 is 17.3 Å². The average molecular weight is 350 g/mol. The maximum absolute atomic E-state index is 12.9. The summed E-state index contributed by atoms with van der Waals surface area (Å²) in [6, 6.07) is 14.1. The number of hydrogen-bond acceptors (Lipinski definition) is 4. The van der Waals surface area contributed by atoms with Crippen molar-refractivity contribution < 1.29 is 19.1 Å². The Morgan fingerprint density at radius 3 is 1.96 bits per heavy atom. The van der Waals surface area contributed by atoms with Crippen molar-refractivity contribution in [3.8, 4) is 5.75 Å². The smallest absolute Gasteiger partial charge is 0.175 e. The molecular formula is C22H22O4. The summed E-state index contributed by atoms with van der Waals surface area (Å²) >= 11 is 0. The van der Waals surface area contributed by atoms with Crippen molar-refractivity contribution in [3.05, 3.63) is 65.2 Å². The molecule has 2 aromatic rings. The highest BCUT2D eigenvalue weighted by Gasteiger charge is 2.44. The van der Waals surface area contributed by atoms with Gasteiger partial charge in [0, 0.05) is 29.4 Å². The number of ether oxygens (including phenoxy) is 1. The van der Waals surface area contributed by atoms with Gasteiger partial charge in [0.2, 0.25) is 0 Å². The molecule has 0 aromatic heterocycles. The number of fused-ring (bicyclic) bond motifs is 1. The van der Waals surface area contributed by atoms with E-state index in [-0.39, 0.29) is 29.7 Å². The highest BCUT2D eigenvalue weighted by molar-refractivity contribution is 6.27. The molecule has 26 heavy (non-hydrogen) atoms.